The molecule has 0 radical (unpaired) electrons. The molecule has 1 aliphatic heterocycles. The molecular weight excluding hydrogens is 447 g/mol. The average Bonchev–Trinajstić information content (AvgIpc) is 3.21. The first-order valence-corrected chi connectivity index (χ1v) is 13.7. The van der Waals surface area contributed by atoms with Gasteiger partial charge < -0.3 is 19.9 Å². The lowest BCUT2D eigenvalue weighted by Gasteiger charge is -2.64. The second-order valence-corrected chi connectivity index (χ2v) is 12.3. The molecule has 5 nitrogen and oxygen atoms in total. The fraction of sp³-hybridized carbons (Fsp3) is 0.567. The van der Waals surface area contributed by atoms with Crippen molar-refractivity contribution in [3.63, 3.8) is 0 Å². The van der Waals surface area contributed by atoms with Crippen LogP contribution in [0.5, 0.6) is 0 Å². The number of hydrogen-bond acceptors (Lipinski definition) is 4. The zero-order chi connectivity index (χ0) is 25.5. The van der Waals surface area contributed by atoms with Crippen LogP contribution in [0.3, 0.4) is 0 Å². The van der Waals surface area contributed by atoms with Crippen LogP contribution in [0.1, 0.15) is 59.4 Å². The Morgan fingerprint density at radius 2 is 1.69 bits per heavy atom. The molecule has 1 heterocycles. The summed E-state index contributed by atoms with van der Waals surface area (Å²) in [5, 5.41) is 6.82. The highest BCUT2D eigenvalue weighted by Crippen LogP contribution is 2.65. The summed E-state index contributed by atoms with van der Waals surface area (Å²) in [5.41, 5.74) is 2.06. The number of rotatable bonds is 9. The van der Waals surface area contributed by atoms with Crippen LogP contribution in [0.25, 0.3) is 0 Å². The number of benzene rings is 2. The van der Waals surface area contributed by atoms with E-state index >= 15 is 0 Å². The first kappa shape index (κ1) is 25.3. The maximum absolute atomic E-state index is 13.8. The summed E-state index contributed by atoms with van der Waals surface area (Å²) in [4.78, 5) is 13.8. The van der Waals surface area contributed by atoms with E-state index in [1.165, 1.54) is 6.42 Å². The molecule has 3 saturated carbocycles. The van der Waals surface area contributed by atoms with Crippen LogP contribution in [-0.2, 0) is 20.5 Å². The Kier molecular flexibility index (Phi) is 6.95. The van der Waals surface area contributed by atoms with Gasteiger partial charge in [-0.1, -0.05) is 76.2 Å². The SMILES string of the molecule is CC(C)CC(NC(=O)[C@H](Cc1ccccc1)Nc1ccccc1)B1O[C@@H]2C[C@@H]3C[C@@H](C3(C)C)[C@]2(C)O1. The van der Waals surface area contributed by atoms with Gasteiger partial charge in [-0.2, -0.15) is 0 Å². The van der Waals surface area contributed by atoms with Gasteiger partial charge in [0.15, 0.2) is 0 Å². The summed E-state index contributed by atoms with van der Waals surface area (Å²) in [7, 11) is -0.421. The van der Waals surface area contributed by atoms with E-state index < -0.39 is 13.2 Å². The quantitative estimate of drug-likeness (QED) is 0.457. The highest BCUT2D eigenvalue weighted by Gasteiger charge is 2.68. The number of amides is 1. The second kappa shape index (κ2) is 9.87. The summed E-state index contributed by atoms with van der Waals surface area (Å²) < 4.78 is 13.3. The first-order valence-electron chi connectivity index (χ1n) is 13.7. The van der Waals surface area contributed by atoms with Gasteiger partial charge in [0.25, 0.3) is 0 Å². The lowest BCUT2D eigenvalue weighted by Crippen LogP contribution is -2.65. The van der Waals surface area contributed by atoms with Crippen molar-refractivity contribution >= 4 is 18.7 Å². The van der Waals surface area contributed by atoms with Crippen molar-refractivity contribution < 1.29 is 14.1 Å². The molecule has 3 aliphatic carbocycles. The van der Waals surface area contributed by atoms with Gasteiger partial charge in [-0.15, -0.1) is 0 Å². The lowest BCUT2D eigenvalue weighted by molar-refractivity contribution is -0.199. The molecule has 36 heavy (non-hydrogen) atoms. The molecule has 192 valence electrons. The van der Waals surface area contributed by atoms with Crippen LogP contribution >= 0.6 is 0 Å². The van der Waals surface area contributed by atoms with Crippen LogP contribution in [0, 0.1) is 23.2 Å². The predicted molar refractivity (Wildman–Crippen MR) is 145 cm³/mol. The maximum Gasteiger partial charge on any atom is 0.481 e. The van der Waals surface area contributed by atoms with E-state index in [1.807, 2.05) is 48.5 Å². The lowest BCUT2D eigenvalue weighted by atomic mass is 9.43. The third kappa shape index (κ3) is 4.82. The van der Waals surface area contributed by atoms with Crippen molar-refractivity contribution in [1.29, 1.82) is 0 Å². The summed E-state index contributed by atoms with van der Waals surface area (Å²) in [6.07, 6.45) is 3.77. The van der Waals surface area contributed by atoms with Gasteiger partial charge in [0, 0.05) is 12.1 Å². The molecule has 4 fully saturated rings. The molecule has 2 aromatic carbocycles. The molecule has 6 atom stereocenters. The number of anilines is 1. The Hall–Kier alpha value is -2.31. The molecule has 2 N–H and O–H groups in total. The van der Waals surface area contributed by atoms with Gasteiger partial charge in [-0.05, 0) is 67.1 Å². The number of nitrogens with one attached hydrogen (secondary N) is 2. The Morgan fingerprint density at radius 1 is 1.03 bits per heavy atom. The Labute approximate surface area is 216 Å². The standard InChI is InChI=1S/C30H41BN2O3/c1-20(2)16-27(31-35-26-19-22-18-25(29(22,3)4)30(26,5)36-31)33-28(34)24(17-21-12-8-6-9-13-21)32-23-14-10-7-11-15-23/h6-15,20,22,24-27,32H,16-19H2,1-5H3,(H,33,34)/t22-,24-,25-,26+,27?,30-/m0/s1. The number of para-hydroxylation sites is 1. The minimum Gasteiger partial charge on any atom is -0.404 e. The van der Waals surface area contributed by atoms with Gasteiger partial charge in [0.1, 0.15) is 6.04 Å². The molecule has 1 saturated heterocycles. The highest BCUT2D eigenvalue weighted by molar-refractivity contribution is 6.48. The monoisotopic (exact) mass is 488 g/mol. The fourth-order valence-electron chi connectivity index (χ4n) is 6.89. The van der Waals surface area contributed by atoms with Gasteiger partial charge >= 0.3 is 7.12 Å². The van der Waals surface area contributed by atoms with E-state index in [9.17, 15) is 4.79 Å². The summed E-state index contributed by atoms with van der Waals surface area (Å²) in [5.74, 6) is 1.38. The molecule has 2 bridgehead atoms. The first-order chi connectivity index (χ1) is 17.2. The minimum atomic E-state index is -0.421. The van der Waals surface area contributed by atoms with Crippen molar-refractivity contribution in [1.82, 2.24) is 5.32 Å². The van der Waals surface area contributed by atoms with Crippen molar-refractivity contribution in [3.05, 3.63) is 66.2 Å². The van der Waals surface area contributed by atoms with Crippen LogP contribution in [0.4, 0.5) is 5.69 Å². The Balaban J connectivity index is 1.34. The molecular formula is C30H41BN2O3. The Morgan fingerprint density at radius 3 is 2.33 bits per heavy atom. The van der Waals surface area contributed by atoms with Gasteiger partial charge in [0.2, 0.25) is 5.91 Å². The van der Waals surface area contributed by atoms with Crippen LogP contribution < -0.4 is 10.6 Å². The van der Waals surface area contributed by atoms with Gasteiger partial charge in [-0.25, -0.2) is 0 Å². The fourth-order valence-corrected chi connectivity index (χ4v) is 6.89. The zero-order valence-corrected chi connectivity index (χ0v) is 22.4. The zero-order valence-electron chi connectivity index (χ0n) is 22.4. The second-order valence-electron chi connectivity index (χ2n) is 12.3. The third-order valence-corrected chi connectivity index (χ3v) is 9.06. The number of carbonyl (C=O) groups excluding carboxylic acids is 1. The Bertz CT molecular complexity index is 1010. The van der Waals surface area contributed by atoms with Crippen molar-refractivity contribution in [2.24, 2.45) is 23.2 Å². The molecule has 1 unspecified atom stereocenters. The van der Waals surface area contributed by atoms with E-state index in [2.05, 4.69) is 57.4 Å². The normalized spacial score (nSPS) is 29.7. The van der Waals surface area contributed by atoms with E-state index in [0.29, 0.717) is 29.6 Å². The van der Waals surface area contributed by atoms with Crippen molar-refractivity contribution in [2.75, 3.05) is 5.32 Å². The topological polar surface area (TPSA) is 59.6 Å². The average molecular weight is 488 g/mol. The summed E-state index contributed by atoms with van der Waals surface area (Å²) >= 11 is 0. The predicted octanol–water partition coefficient (Wildman–Crippen LogP) is 5.51. The molecule has 0 aromatic heterocycles. The molecule has 0 spiro atoms. The van der Waals surface area contributed by atoms with Crippen molar-refractivity contribution in [2.45, 2.75) is 84.0 Å². The van der Waals surface area contributed by atoms with E-state index in [0.717, 1.165) is 24.1 Å². The van der Waals surface area contributed by atoms with Crippen LogP contribution in [-0.4, -0.2) is 36.7 Å². The van der Waals surface area contributed by atoms with Crippen LogP contribution in [0.2, 0.25) is 0 Å². The molecule has 6 rings (SSSR count). The highest BCUT2D eigenvalue weighted by atomic mass is 16.7. The van der Waals surface area contributed by atoms with Gasteiger partial charge in [0.05, 0.1) is 17.6 Å². The van der Waals surface area contributed by atoms with Gasteiger partial charge in [-0.3, -0.25) is 4.79 Å². The minimum absolute atomic E-state index is 0.0230. The third-order valence-electron chi connectivity index (χ3n) is 9.06. The van der Waals surface area contributed by atoms with Crippen LogP contribution in [0.15, 0.2) is 60.7 Å². The van der Waals surface area contributed by atoms with E-state index in [1.54, 1.807) is 0 Å². The largest absolute Gasteiger partial charge is 0.481 e. The molecule has 2 aromatic rings. The maximum atomic E-state index is 13.8. The molecule has 6 heteroatoms. The van der Waals surface area contributed by atoms with E-state index in [4.69, 9.17) is 9.31 Å². The van der Waals surface area contributed by atoms with E-state index in [-0.39, 0.29) is 23.6 Å². The van der Waals surface area contributed by atoms with Crippen molar-refractivity contribution in [3.8, 4) is 0 Å². The smallest absolute Gasteiger partial charge is 0.404 e. The number of carbonyl (C=O) groups is 1. The molecule has 4 aliphatic rings. The summed E-state index contributed by atoms with van der Waals surface area (Å²) in [6.45, 7) is 11.4. The summed E-state index contributed by atoms with van der Waals surface area (Å²) in [6, 6.07) is 19.7. The number of hydrogen-bond donors (Lipinski definition) is 2. The molecule has 1 amide bonds.